The summed E-state index contributed by atoms with van der Waals surface area (Å²) >= 11 is 0. The summed E-state index contributed by atoms with van der Waals surface area (Å²) in [5.41, 5.74) is 0.732. The molecule has 0 bridgehead atoms. The van der Waals surface area contributed by atoms with Crippen LogP contribution in [0.1, 0.15) is 19.5 Å². The average Bonchev–Trinajstić information content (AvgIpc) is 2.62. The van der Waals surface area contributed by atoms with Gasteiger partial charge in [0.1, 0.15) is 6.61 Å². The monoisotopic (exact) mass is 213 g/mol. The summed E-state index contributed by atoms with van der Waals surface area (Å²) in [5, 5.41) is 9.27. The number of anilines is 1. The summed E-state index contributed by atoms with van der Waals surface area (Å²) in [4.78, 5) is 20.5. The number of carbonyl (C=O) groups excluding carboxylic acids is 1. The topological polar surface area (TPSA) is 76.2 Å². The molecule has 6 heteroatoms. The maximum atomic E-state index is 11.3. The van der Waals surface area contributed by atoms with Gasteiger partial charge in [0.05, 0.1) is 12.8 Å². The molecule has 0 unspecified atom stereocenters. The first kappa shape index (κ1) is 11.7. The summed E-state index contributed by atoms with van der Waals surface area (Å²) in [6.07, 6.45) is 0. The van der Waals surface area contributed by atoms with Crippen molar-refractivity contribution in [1.29, 1.82) is 0 Å². The predicted molar refractivity (Wildman–Crippen MR) is 53.9 cm³/mol. The van der Waals surface area contributed by atoms with E-state index >= 15 is 0 Å². The van der Waals surface area contributed by atoms with E-state index in [1.54, 1.807) is 6.07 Å². The minimum absolute atomic E-state index is 0.0688. The van der Waals surface area contributed by atoms with E-state index in [1.807, 2.05) is 13.8 Å². The lowest BCUT2D eigenvalue weighted by molar-refractivity contribution is -0.282. The molecule has 2 N–H and O–H groups in total. The molecule has 0 saturated heterocycles. The van der Waals surface area contributed by atoms with Gasteiger partial charge in [-0.2, -0.15) is 5.10 Å². The fourth-order valence-electron chi connectivity index (χ4n) is 0.893. The molecule has 0 fully saturated rings. The zero-order chi connectivity index (χ0) is 11.3. The molecular weight excluding hydrogens is 198 g/mol. The van der Waals surface area contributed by atoms with E-state index in [9.17, 15) is 4.79 Å². The summed E-state index contributed by atoms with van der Waals surface area (Å²) < 4.78 is 0. The highest BCUT2D eigenvalue weighted by Gasteiger charge is 2.09. The van der Waals surface area contributed by atoms with Crippen molar-refractivity contribution in [3.63, 3.8) is 0 Å². The number of nitrogens with one attached hydrogen (secondary N) is 2. The molecule has 6 nitrogen and oxygen atoms in total. The average molecular weight is 213 g/mol. The highest BCUT2D eigenvalue weighted by molar-refractivity contribution is 5.91. The van der Waals surface area contributed by atoms with Crippen LogP contribution in [0.2, 0.25) is 0 Å². The molecule has 1 aromatic heterocycles. The van der Waals surface area contributed by atoms with Crippen molar-refractivity contribution >= 4 is 11.7 Å². The molecule has 0 aliphatic carbocycles. The summed E-state index contributed by atoms with van der Waals surface area (Å²) in [6, 6.07) is 1.69. The molecule has 1 rings (SSSR count). The normalized spacial score (nSPS) is 10.7. The zero-order valence-electron chi connectivity index (χ0n) is 9.03. The standard InChI is InChI=1S/C9H15N3O3/c1-6(2)9(13)10-8-4-7(11-12-8)5-15-14-3/h4,6H,5H2,1-3H3,(H2,10,11,12,13). The van der Waals surface area contributed by atoms with E-state index in [0.717, 1.165) is 5.69 Å². The van der Waals surface area contributed by atoms with Crippen molar-refractivity contribution in [2.45, 2.75) is 20.5 Å². The predicted octanol–water partition coefficient (Wildman–Crippen LogP) is 1.08. The van der Waals surface area contributed by atoms with Gasteiger partial charge in [0.2, 0.25) is 5.91 Å². The summed E-state index contributed by atoms with van der Waals surface area (Å²) in [6.45, 7) is 3.90. The molecule has 1 heterocycles. The van der Waals surface area contributed by atoms with Crippen LogP contribution in [0.5, 0.6) is 0 Å². The van der Waals surface area contributed by atoms with Crippen LogP contribution in [0, 0.1) is 5.92 Å². The molecule has 15 heavy (non-hydrogen) atoms. The molecule has 1 amide bonds. The van der Waals surface area contributed by atoms with E-state index in [1.165, 1.54) is 7.11 Å². The highest BCUT2D eigenvalue weighted by Crippen LogP contribution is 2.08. The minimum atomic E-state index is -0.0691. The third-order valence-electron chi connectivity index (χ3n) is 1.74. The van der Waals surface area contributed by atoms with Crippen LogP contribution >= 0.6 is 0 Å². The lowest BCUT2D eigenvalue weighted by atomic mass is 10.2. The van der Waals surface area contributed by atoms with Gasteiger partial charge in [0, 0.05) is 12.0 Å². The van der Waals surface area contributed by atoms with E-state index < -0.39 is 0 Å². The lowest BCUT2D eigenvalue weighted by Gasteiger charge is -2.03. The van der Waals surface area contributed by atoms with Gasteiger partial charge in [-0.05, 0) is 0 Å². The number of aromatic amines is 1. The van der Waals surface area contributed by atoms with Gasteiger partial charge in [-0.25, -0.2) is 9.78 Å². The second-order valence-corrected chi connectivity index (χ2v) is 3.35. The first-order chi connectivity index (χ1) is 7.13. The van der Waals surface area contributed by atoms with E-state index in [0.29, 0.717) is 5.82 Å². The Balaban J connectivity index is 2.49. The Morgan fingerprint density at radius 3 is 3.00 bits per heavy atom. The Hall–Kier alpha value is -1.40. The Morgan fingerprint density at radius 2 is 2.40 bits per heavy atom. The second-order valence-electron chi connectivity index (χ2n) is 3.35. The van der Waals surface area contributed by atoms with E-state index in [2.05, 4.69) is 20.4 Å². The number of nitrogens with zero attached hydrogens (tertiary/aromatic N) is 1. The molecule has 0 aliphatic rings. The Labute approximate surface area is 87.9 Å². The molecule has 0 saturated carbocycles. The third-order valence-corrected chi connectivity index (χ3v) is 1.74. The largest absolute Gasteiger partial charge is 0.309 e. The van der Waals surface area contributed by atoms with Gasteiger partial charge < -0.3 is 5.32 Å². The van der Waals surface area contributed by atoms with E-state index in [4.69, 9.17) is 4.89 Å². The minimum Gasteiger partial charge on any atom is -0.309 e. The van der Waals surface area contributed by atoms with Gasteiger partial charge >= 0.3 is 0 Å². The maximum Gasteiger partial charge on any atom is 0.228 e. The van der Waals surface area contributed by atoms with Gasteiger partial charge in [0.15, 0.2) is 5.82 Å². The van der Waals surface area contributed by atoms with Crippen LogP contribution in [0.25, 0.3) is 0 Å². The number of rotatable bonds is 5. The molecule has 0 atom stereocenters. The number of amides is 1. The summed E-state index contributed by atoms with van der Waals surface area (Å²) in [7, 11) is 1.43. The van der Waals surface area contributed by atoms with Crippen LogP contribution in [-0.2, 0) is 21.2 Å². The van der Waals surface area contributed by atoms with Crippen LogP contribution in [-0.4, -0.2) is 23.2 Å². The smallest absolute Gasteiger partial charge is 0.228 e. The molecule has 1 aromatic rings. The van der Waals surface area contributed by atoms with Gasteiger partial charge in [0.25, 0.3) is 0 Å². The zero-order valence-corrected chi connectivity index (χ0v) is 9.03. The maximum absolute atomic E-state index is 11.3. The highest BCUT2D eigenvalue weighted by atomic mass is 17.2. The second kappa shape index (κ2) is 5.47. The lowest BCUT2D eigenvalue weighted by Crippen LogP contribution is -2.17. The van der Waals surface area contributed by atoms with Crippen molar-refractivity contribution in [2.24, 2.45) is 5.92 Å². The number of aromatic nitrogens is 2. The van der Waals surface area contributed by atoms with Crippen LogP contribution in [0.15, 0.2) is 6.07 Å². The van der Waals surface area contributed by atoms with Crippen molar-refractivity contribution in [3.05, 3.63) is 11.8 Å². The number of carbonyl (C=O) groups is 1. The first-order valence-corrected chi connectivity index (χ1v) is 4.64. The number of hydrogen-bond acceptors (Lipinski definition) is 4. The fourth-order valence-corrected chi connectivity index (χ4v) is 0.893. The molecular formula is C9H15N3O3. The van der Waals surface area contributed by atoms with E-state index in [-0.39, 0.29) is 18.4 Å². The Morgan fingerprint density at radius 1 is 1.67 bits per heavy atom. The quantitative estimate of drug-likeness (QED) is 0.567. The first-order valence-electron chi connectivity index (χ1n) is 4.64. The van der Waals surface area contributed by atoms with Crippen molar-refractivity contribution in [1.82, 2.24) is 10.2 Å². The molecule has 0 aliphatic heterocycles. The molecule has 0 radical (unpaired) electrons. The summed E-state index contributed by atoms with van der Waals surface area (Å²) in [5.74, 6) is 0.351. The third kappa shape index (κ3) is 3.69. The number of hydrogen-bond donors (Lipinski definition) is 2. The van der Waals surface area contributed by atoms with Crippen molar-refractivity contribution in [3.8, 4) is 0 Å². The van der Waals surface area contributed by atoms with Crippen molar-refractivity contribution in [2.75, 3.05) is 12.4 Å². The Kier molecular flexibility index (Phi) is 4.26. The number of H-pyrrole nitrogens is 1. The molecule has 0 spiro atoms. The SMILES string of the molecule is COOCc1cc(NC(=O)C(C)C)n[nH]1. The Bertz CT molecular complexity index is 322. The van der Waals surface area contributed by atoms with Crippen LogP contribution in [0.4, 0.5) is 5.82 Å². The fraction of sp³-hybridized carbons (Fsp3) is 0.556. The van der Waals surface area contributed by atoms with Gasteiger partial charge in [-0.15, -0.1) is 0 Å². The van der Waals surface area contributed by atoms with Gasteiger partial charge in [-0.1, -0.05) is 13.8 Å². The van der Waals surface area contributed by atoms with Crippen LogP contribution in [0.3, 0.4) is 0 Å². The molecule has 0 aromatic carbocycles. The van der Waals surface area contributed by atoms with Crippen LogP contribution < -0.4 is 5.32 Å². The molecule has 84 valence electrons. The van der Waals surface area contributed by atoms with Crippen molar-refractivity contribution < 1.29 is 14.6 Å². The van der Waals surface area contributed by atoms with Gasteiger partial charge in [-0.3, -0.25) is 9.89 Å².